The van der Waals surface area contributed by atoms with E-state index < -0.39 is 5.60 Å². The molecule has 1 N–H and O–H groups in total. The topological polar surface area (TPSA) is 38.3 Å². The van der Waals surface area contributed by atoms with Crippen LogP contribution in [0.25, 0.3) is 0 Å². The summed E-state index contributed by atoms with van der Waals surface area (Å²) < 4.78 is 6.09. The van der Waals surface area contributed by atoms with Crippen LogP contribution in [0.2, 0.25) is 4.34 Å². The summed E-state index contributed by atoms with van der Waals surface area (Å²) in [6, 6.07) is 2.23. The number of carbonyl (C=O) groups is 1. The summed E-state index contributed by atoms with van der Waals surface area (Å²) in [6.45, 7) is 5.86. The molecule has 1 atom stereocenters. The third-order valence-electron chi connectivity index (χ3n) is 2.76. The molecule has 1 aliphatic carbocycles. The Morgan fingerprint density at radius 2 is 2.33 bits per heavy atom. The molecule has 0 aliphatic heterocycles. The zero-order valence-corrected chi connectivity index (χ0v) is 12.5. The highest BCUT2D eigenvalue weighted by Gasteiger charge is 2.26. The Morgan fingerprint density at radius 1 is 1.61 bits per heavy atom. The maximum Gasteiger partial charge on any atom is 0.320 e. The Labute approximate surface area is 116 Å². The van der Waals surface area contributed by atoms with Crippen LogP contribution in [-0.4, -0.2) is 18.1 Å². The van der Waals surface area contributed by atoms with Gasteiger partial charge in [-0.1, -0.05) is 11.6 Å². The van der Waals surface area contributed by atoms with E-state index in [1.54, 1.807) is 11.3 Å². The SMILES string of the molecule is CC(C)(C)OC(=O)CNC1CCc2sc(Cl)cc21. The van der Waals surface area contributed by atoms with Crippen molar-refractivity contribution in [3.63, 3.8) is 0 Å². The highest BCUT2D eigenvalue weighted by atomic mass is 35.5. The molecule has 0 radical (unpaired) electrons. The Morgan fingerprint density at radius 3 is 3.00 bits per heavy atom. The van der Waals surface area contributed by atoms with Crippen molar-refractivity contribution in [2.75, 3.05) is 6.54 Å². The molecule has 1 aromatic rings. The van der Waals surface area contributed by atoms with E-state index in [0.717, 1.165) is 17.2 Å². The van der Waals surface area contributed by atoms with E-state index in [4.69, 9.17) is 16.3 Å². The van der Waals surface area contributed by atoms with Gasteiger partial charge >= 0.3 is 5.97 Å². The van der Waals surface area contributed by atoms with Gasteiger partial charge in [-0.15, -0.1) is 11.3 Å². The molecular formula is C13H18ClNO2S. The van der Waals surface area contributed by atoms with E-state index in [1.165, 1.54) is 10.4 Å². The first-order valence-corrected chi connectivity index (χ1v) is 7.28. The molecule has 3 nitrogen and oxygen atoms in total. The molecule has 0 fully saturated rings. The molecule has 0 spiro atoms. The van der Waals surface area contributed by atoms with Crippen LogP contribution in [-0.2, 0) is 16.0 Å². The quantitative estimate of drug-likeness (QED) is 0.867. The van der Waals surface area contributed by atoms with Crippen molar-refractivity contribution in [1.82, 2.24) is 5.32 Å². The van der Waals surface area contributed by atoms with Gasteiger partial charge in [-0.25, -0.2) is 0 Å². The molecule has 0 bridgehead atoms. The molecule has 18 heavy (non-hydrogen) atoms. The van der Waals surface area contributed by atoms with Gasteiger partial charge in [0.2, 0.25) is 0 Å². The summed E-state index contributed by atoms with van der Waals surface area (Å²) in [5.41, 5.74) is 0.819. The number of hydrogen-bond donors (Lipinski definition) is 1. The molecule has 1 aliphatic rings. The highest BCUT2D eigenvalue weighted by molar-refractivity contribution is 7.16. The van der Waals surface area contributed by atoms with E-state index in [2.05, 4.69) is 5.32 Å². The number of ether oxygens (including phenoxy) is 1. The zero-order chi connectivity index (χ0) is 13.3. The Bertz CT molecular complexity index is 450. The lowest BCUT2D eigenvalue weighted by Gasteiger charge is -2.20. The summed E-state index contributed by atoms with van der Waals surface area (Å²) in [7, 11) is 0. The number of hydrogen-bond acceptors (Lipinski definition) is 4. The van der Waals surface area contributed by atoms with Gasteiger partial charge in [0.15, 0.2) is 0 Å². The average Bonchev–Trinajstić information content (AvgIpc) is 2.71. The van der Waals surface area contributed by atoms with Crippen molar-refractivity contribution in [2.45, 2.75) is 45.3 Å². The standard InChI is InChI=1S/C13H18ClNO2S/c1-13(2,3)17-12(16)7-15-9-4-5-10-8(9)6-11(14)18-10/h6,9,15H,4-5,7H2,1-3H3. The monoisotopic (exact) mass is 287 g/mol. The number of fused-ring (bicyclic) bond motifs is 1. The fourth-order valence-electron chi connectivity index (χ4n) is 2.13. The van der Waals surface area contributed by atoms with Crippen LogP contribution in [0.4, 0.5) is 0 Å². The van der Waals surface area contributed by atoms with Crippen LogP contribution >= 0.6 is 22.9 Å². The first kappa shape index (κ1) is 13.8. The van der Waals surface area contributed by atoms with Gasteiger partial charge in [-0.3, -0.25) is 10.1 Å². The third-order valence-corrected chi connectivity index (χ3v) is 4.10. The molecule has 1 unspecified atom stereocenters. The van der Waals surface area contributed by atoms with Crippen molar-refractivity contribution < 1.29 is 9.53 Å². The lowest BCUT2D eigenvalue weighted by Crippen LogP contribution is -2.32. The lowest BCUT2D eigenvalue weighted by molar-refractivity contribution is -0.153. The molecule has 5 heteroatoms. The number of halogens is 1. The zero-order valence-electron chi connectivity index (χ0n) is 10.9. The van der Waals surface area contributed by atoms with Crippen molar-refractivity contribution in [1.29, 1.82) is 0 Å². The summed E-state index contributed by atoms with van der Waals surface area (Å²) in [5.74, 6) is -0.211. The molecule has 0 amide bonds. The van der Waals surface area contributed by atoms with Crippen LogP contribution in [0.1, 0.15) is 43.7 Å². The average molecular weight is 288 g/mol. The van der Waals surface area contributed by atoms with Crippen LogP contribution < -0.4 is 5.32 Å². The predicted octanol–water partition coefficient (Wildman–Crippen LogP) is 3.32. The molecule has 1 heterocycles. The molecule has 100 valence electrons. The number of rotatable bonds is 3. The molecule has 0 aromatic carbocycles. The third kappa shape index (κ3) is 3.46. The number of aryl methyl sites for hydroxylation is 1. The van der Waals surface area contributed by atoms with Gasteiger partial charge in [-0.2, -0.15) is 0 Å². The normalized spacial score (nSPS) is 18.8. The second-order valence-electron chi connectivity index (χ2n) is 5.49. The molecular weight excluding hydrogens is 270 g/mol. The van der Waals surface area contributed by atoms with Gasteiger partial charge in [0.1, 0.15) is 5.60 Å². The smallest absolute Gasteiger partial charge is 0.320 e. The van der Waals surface area contributed by atoms with Crippen molar-refractivity contribution in [3.05, 3.63) is 20.8 Å². The highest BCUT2D eigenvalue weighted by Crippen LogP contribution is 2.39. The molecule has 0 saturated carbocycles. The predicted molar refractivity (Wildman–Crippen MR) is 74.2 cm³/mol. The second kappa shape index (κ2) is 5.19. The van der Waals surface area contributed by atoms with Crippen molar-refractivity contribution in [3.8, 4) is 0 Å². The summed E-state index contributed by atoms with van der Waals surface area (Å²) in [5, 5.41) is 3.25. The molecule has 2 rings (SSSR count). The maximum atomic E-state index is 11.6. The van der Waals surface area contributed by atoms with E-state index >= 15 is 0 Å². The minimum Gasteiger partial charge on any atom is -0.459 e. The molecule has 0 saturated heterocycles. The fourth-order valence-corrected chi connectivity index (χ4v) is 3.48. The van der Waals surface area contributed by atoms with Crippen LogP contribution in [0, 0.1) is 0 Å². The Kier molecular flexibility index (Phi) is 3.99. The minimum absolute atomic E-state index is 0.211. The first-order valence-electron chi connectivity index (χ1n) is 6.08. The Hall–Kier alpha value is -0.580. The number of esters is 1. The fraction of sp³-hybridized carbons (Fsp3) is 0.615. The van der Waals surface area contributed by atoms with E-state index in [0.29, 0.717) is 0 Å². The van der Waals surface area contributed by atoms with Gasteiger partial charge in [0.05, 0.1) is 10.9 Å². The molecule has 1 aromatic heterocycles. The van der Waals surface area contributed by atoms with Crippen LogP contribution in [0.5, 0.6) is 0 Å². The largest absolute Gasteiger partial charge is 0.459 e. The van der Waals surface area contributed by atoms with E-state index in [-0.39, 0.29) is 18.6 Å². The number of thiophene rings is 1. The summed E-state index contributed by atoms with van der Waals surface area (Å²) >= 11 is 7.63. The minimum atomic E-state index is -0.425. The van der Waals surface area contributed by atoms with Gasteiger partial charge in [-0.05, 0) is 45.2 Å². The van der Waals surface area contributed by atoms with Gasteiger partial charge in [0, 0.05) is 10.9 Å². The second-order valence-corrected chi connectivity index (χ2v) is 7.26. The first-order chi connectivity index (χ1) is 8.35. The van der Waals surface area contributed by atoms with E-state index in [1.807, 2.05) is 26.8 Å². The van der Waals surface area contributed by atoms with E-state index in [9.17, 15) is 4.79 Å². The number of nitrogens with one attached hydrogen (secondary N) is 1. The maximum absolute atomic E-state index is 11.6. The number of carbonyl (C=O) groups excluding carboxylic acids is 1. The van der Waals surface area contributed by atoms with Crippen molar-refractivity contribution in [2.24, 2.45) is 0 Å². The van der Waals surface area contributed by atoms with Gasteiger partial charge in [0.25, 0.3) is 0 Å². The van der Waals surface area contributed by atoms with Gasteiger partial charge < -0.3 is 4.74 Å². The summed E-state index contributed by atoms with van der Waals surface area (Å²) in [6.07, 6.45) is 2.07. The summed E-state index contributed by atoms with van der Waals surface area (Å²) in [4.78, 5) is 13.0. The van der Waals surface area contributed by atoms with Crippen molar-refractivity contribution >= 4 is 28.9 Å². The lowest BCUT2D eigenvalue weighted by atomic mass is 10.2. The van der Waals surface area contributed by atoms with Crippen LogP contribution in [0.15, 0.2) is 6.07 Å². The Balaban J connectivity index is 1.87. The van der Waals surface area contributed by atoms with Crippen LogP contribution in [0.3, 0.4) is 0 Å².